The van der Waals surface area contributed by atoms with Gasteiger partial charge in [-0.1, -0.05) is 35.9 Å². The highest BCUT2D eigenvalue weighted by molar-refractivity contribution is 6.35. The molecule has 7 rings (SSSR count). The number of oxazole rings is 1. The van der Waals surface area contributed by atoms with E-state index in [1.165, 1.54) is 18.4 Å². The normalized spacial score (nSPS) is 16.8. The standard InChI is InChI=1S/C34H30ClN5O3/c1-20-25(27-9-5-11-30(31(27)35)40-19-22-6-2-3-10-28(22)38-40)7-4-8-26(20)33-37-29-15-21(14-24(16-36)32(29)43-33)17-39-13-12-23(18-39)34(41)42/h4-5,7-9,11,14-15,19,23H,2-3,6,10,12-13,17-18H2,1H3,(H,41,42)/t23-/m0/s1. The number of halogens is 1. The summed E-state index contributed by atoms with van der Waals surface area (Å²) in [7, 11) is 0. The van der Waals surface area contributed by atoms with E-state index < -0.39 is 5.97 Å². The van der Waals surface area contributed by atoms with E-state index in [9.17, 15) is 15.2 Å². The van der Waals surface area contributed by atoms with Crippen LogP contribution < -0.4 is 0 Å². The molecule has 1 aliphatic carbocycles. The number of carbonyl (C=O) groups is 1. The van der Waals surface area contributed by atoms with E-state index in [4.69, 9.17) is 26.1 Å². The molecule has 1 atom stereocenters. The number of aromatic nitrogens is 3. The number of fused-ring (bicyclic) bond motifs is 2. The minimum atomic E-state index is -0.762. The van der Waals surface area contributed by atoms with Gasteiger partial charge >= 0.3 is 5.97 Å². The van der Waals surface area contributed by atoms with E-state index in [0.29, 0.717) is 53.6 Å². The zero-order chi connectivity index (χ0) is 29.7. The SMILES string of the molecule is Cc1c(-c2nc3cc(CN4CC[C@H](C(=O)O)C4)cc(C#N)c3o2)cccc1-c1cccc(-n2cc3c(n2)CCCC3)c1Cl. The summed E-state index contributed by atoms with van der Waals surface area (Å²) in [5, 5.41) is 24.7. The fourth-order valence-electron chi connectivity index (χ4n) is 6.48. The van der Waals surface area contributed by atoms with E-state index >= 15 is 0 Å². The van der Waals surface area contributed by atoms with Crippen molar-refractivity contribution in [2.45, 2.75) is 45.6 Å². The van der Waals surface area contributed by atoms with Gasteiger partial charge in [0.25, 0.3) is 0 Å². The van der Waals surface area contributed by atoms with Crippen LogP contribution in [0.25, 0.3) is 39.4 Å². The first-order chi connectivity index (χ1) is 20.9. The summed E-state index contributed by atoms with van der Waals surface area (Å²) in [6.07, 6.45) is 7.15. The van der Waals surface area contributed by atoms with Crippen LogP contribution in [0, 0.1) is 24.2 Å². The van der Waals surface area contributed by atoms with E-state index in [-0.39, 0.29) is 5.92 Å². The van der Waals surface area contributed by atoms with Gasteiger partial charge in [0.1, 0.15) is 11.6 Å². The molecule has 1 saturated heterocycles. The lowest BCUT2D eigenvalue weighted by Crippen LogP contribution is -2.22. The van der Waals surface area contributed by atoms with Gasteiger partial charge in [-0.2, -0.15) is 10.4 Å². The van der Waals surface area contributed by atoms with E-state index in [1.807, 2.05) is 60.1 Å². The second-order valence-corrected chi connectivity index (χ2v) is 11.9. The molecule has 3 heterocycles. The van der Waals surface area contributed by atoms with Crippen LogP contribution in [-0.4, -0.2) is 43.8 Å². The third-order valence-electron chi connectivity index (χ3n) is 8.76. The molecule has 9 heteroatoms. The first-order valence-electron chi connectivity index (χ1n) is 14.6. The number of nitriles is 1. The Hall–Kier alpha value is -4.45. The highest BCUT2D eigenvalue weighted by atomic mass is 35.5. The Kier molecular flexibility index (Phi) is 7.00. The molecular weight excluding hydrogens is 562 g/mol. The molecule has 0 bridgehead atoms. The summed E-state index contributed by atoms with van der Waals surface area (Å²) < 4.78 is 8.13. The van der Waals surface area contributed by atoms with Crippen molar-refractivity contribution < 1.29 is 14.3 Å². The Balaban J connectivity index is 1.23. The van der Waals surface area contributed by atoms with Gasteiger partial charge < -0.3 is 9.52 Å². The number of benzene rings is 3. The molecule has 2 aromatic heterocycles. The van der Waals surface area contributed by atoms with Crippen LogP contribution >= 0.6 is 11.6 Å². The minimum Gasteiger partial charge on any atom is -0.481 e. The number of carboxylic acid groups (broad SMARTS) is 1. The molecule has 1 fully saturated rings. The maximum atomic E-state index is 11.4. The number of aryl methyl sites for hydroxylation is 2. The summed E-state index contributed by atoms with van der Waals surface area (Å²) in [5.41, 5.74) is 9.31. The predicted octanol–water partition coefficient (Wildman–Crippen LogP) is 6.97. The van der Waals surface area contributed by atoms with E-state index in [1.54, 1.807) is 0 Å². The lowest BCUT2D eigenvalue weighted by atomic mass is 9.96. The Morgan fingerprint density at radius 3 is 2.72 bits per heavy atom. The van der Waals surface area contributed by atoms with Gasteiger partial charge in [0, 0.05) is 30.4 Å². The van der Waals surface area contributed by atoms with Crippen molar-refractivity contribution in [1.82, 2.24) is 19.7 Å². The summed E-state index contributed by atoms with van der Waals surface area (Å²) in [5.74, 6) is -0.684. The number of likely N-dealkylation sites (tertiary alicyclic amines) is 1. The largest absolute Gasteiger partial charge is 0.481 e. The van der Waals surface area contributed by atoms with Gasteiger partial charge in [0.2, 0.25) is 5.89 Å². The first-order valence-corrected chi connectivity index (χ1v) is 15.0. The number of carboxylic acids is 1. The van der Waals surface area contributed by atoms with Gasteiger partial charge in [0.05, 0.1) is 27.9 Å². The molecule has 8 nitrogen and oxygen atoms in total. The monoisotopic (exact) mass is 591 g/mol. The zero-order valence-corrected chi connectivity index (χ0v) is 24.6. The molecule has 0 unspecified atom stereocenters. The Labute approximate surface area is 254 Å². The fraction of sp³-hybridized carbons (Fsp3) is 0.294. The highest BCUT2D eigenvalue weighted by Crippen LogP contribution is 2.39. The van der Waals surface area contributed by atoms with Crippen LogP contribution in [0.4, 0.5) is 0 Å². The Morgan fingerprint density at radius 2 is 1.93 bits per heavy atom. The summed E-state index contributed by atoms with van der Waals surface area (Å²) in [6, 6.07) is 18.0. The first kappa shape index (κ1) is 27.4. The molecule has 3 aromatic carbocycles. The van der Waals surface area contributed by atoms with Crippen molar-refractivity contribution in [1.29, 1.82) is 5.26 Å². The maximum Gasteiger partial charge on any atom is 0.307 e. The van der Waals surface area contributed by atoms with Crippen molar-refractivity contribution in [2.24, 2.45) is 5.92 Å². The Bertz CT molecular complexity index is 1910. The number of rotatable bonds is 6. The van der Waals surface area contributed by atoms with Gasteiger partial charge in [-0.3, -0.25) is 9.69 Å². The van der Waals surface area contributed by atoms with E-state index in [0.717, 1.165) is 52.0 Å². The molecule has 0 radical (unpaired) electrons. The average Bonchev–Trinajstić information content (AvgIpc) is 3.75. The summed E-state index contributed by atoms with van der Waals surface area (Å²) in [4.78, 5) is 18.3. The number of nitrogens with zero attached hydrogens (tertiary/aromatic N) is 5. The van der Waals surface area contributed by atoms with E-state index in [2.05, 4.69) is 17.2 Å². The van der Waals surface area contributed by atoms with Crippen LogP contribution in [0.2, 0.25) is 5.02 Å². The second-order valence-electron chi connectivity index (χ2n) is 11.6. The van der Waals surface area contributed by atoms with Crippen LogP contribution in [0.1, 0.15) is 47.2 Å². The average molecular weight is 592 g/mol. The van der Waals surface area contributed by atoms with Gasteiger partial charge in [-0.25, -0.2) is 9.67 Å². The molecule has 1 aliphatic heterocycles. The minimum absolute atomic E-state index is 0.355. The van der Waals surface area contributed by atoms with Crippen molar-refractivity contribution in [3.8, 4) is 34.3 Å². The molecule has 216 valence electrons. The van der Waals surface area contributed by atoms with Crippen LogP contribution in [0.5, 0.6) is 0 Å². The zero-order valence-electron chi connectivity index (χ0n) is 23.8. The molecule has 43 heavy (non-hydrogen) atoms. The number of hydrogen-bond donors (Lipinski definition) is 1. The fourth-order valence-corrected chi connectivity index (χ4v) is 6.79. The van der Waals surface area contributed by atoms with Crippen molar-refractivity contribution in [3.05, 3.63) is 87.7 Å². The summed E-state index contributed by atoms with van der Waals surface area (Å²) >= 11 is 7.06. The molecule has 5 aromatic rings. The Morgan fingerprint density at radius 1 is 1.14 bits per heavy atom. The topological polar surface area (TPSA) is 108 Å². The third-order valence-corrected chi connectivity index (χ3v) is 9.16. The molecule has 2 aliphatic rings. The second kappa shape index (κ2) is 11.0. The van der Waals surface area contributed by atoms with Gasteiger partial charge in [-0.05, 0) is 92.1 Å². The quantitative estimate of drug-likeness (QED) is 0.227. The van der Waals surface area contributed by atoms with Gasteiger partial charge in [0.15, 0.2) is 5.58 Å². The lowest BCUT2D eigenvalue weighted by Gasteiger charge is -2.15. The maximum absolute atomic E-state index is 11.4. The smallest absolute Gasteiger partial charge is 0.307 e. The van der Waals surface area contributed by atoms with Crippen molar-refractivity contribution >= 4 is 28.7 Å². The third kappa shape index (κ3) is 4.99. The summed E-state index contributed by atoms with van der Waals surface area (Å²) in [6.45, 7) is 3.79. The highest BCUT2D eigenvalue weighted by Gasteiger charge is 2.28. The van der Waals surface area contributed by atoms with Crippen molar-refractivity contribution in [3.63, 3.8) is 0 Å². The molecule has 0 spiro atoms. The van der Waals surface area contributed by atoms with Crippen LogP contribution in [0.3, 0.4) is 0 Å². The van der Waals surface area contributed by atoms with Crippen LogP contribution in [0.15, 0.2) is 59.1 Å². The molecule has 1 N–H and O–H groups in total. The number of hydrogen-bond acceptors (Lipinski definition) is 6. The van der Waals surface area contributed by atoms with Crippen LogP contribution in [-0.2, 0) is 24.2 Å². The van der Waals surface area contributed by atoms with Gasteiger partial charge in [-0.15, -0.1) is 0 Å². The van der Waals surface area contributed by atoms with Crippen molar-refractivity contribution in [2.75, 3.05) is 13.1 Å². The number of aliphatic carboxylic acids is 1. The lowest BCUT2D eigenvalue weighted by molar-refractivity contribution is -0.141. The molecular formula is C34H30ClN5O3. The molecule has 0 amide bonds. The molecule has 0 saturated carbocycles. The predicted molar refractivity (Wildman–Crippen MR) is 164 cm³/mol.